The zero-order valence-corrected chi connectivity index (χ0v) is 11.1. The van der Waals surface area contributed by atoms with Gasteiger partial charge in [-0.1, -0.05) is 6.07 Å². The van der Waals surface area contributed by atoms with Crippen LogP contribution in [0.1, 0.15) is 24.0 Å². The molecule has 0 atom stereocenters. The molecule has 0 saturated heterocycles. The maximum absolute atomic E-state index is 10.9. The Morgan fingerprint density at radius 3 is 3.00 bits per heavy atom. The normalized spacial score (nSPS) is 14.1. The third-order valence-corrected chi connectivity index (χ3v) is 3.20. The molecule has 3 N–H and O–H groups in total. The fourth-order valence-corrected chi connectivity index (χ4v) is 2.21. The van der Waals surface area contributed by atoms with Gasteiger partial charge in [0.15, 0.2) is 5.96 Å². The van der Waals surface area contributed by atoms with Crippen molar-refractivity contribution in [3.63, 3.8) is 0 Å². The third-order valence-electron chi connectivity index (χ3n) is 3.20. The Morgan fingerprint density at radius 1 is 1.42 bits per heavy atom. The Morgan fingerprint density at radius 2 is 2.21 bits per heavy atom. The summed E-state index contributed by atoms with van der Waals surface area (Å²) in [5, 5.41) is 3.04. The van der Waals surface area contributed by atoms with Gasteiger partial charge in [0.05, 0.1) is 20.1 Å². The van der Waals surface area contributed by atoms with E-state index < -0.39 is 0 Å². The summed E-state index contributed by atoms with van der Waals surface area (Å²) in [5.41, 5.74) is 9.51. The zero-order chi connectivity index (χ0) is 13.7. The second kappa shape index (κ2) is 6.22. The predicted octanol–water partition coefficient (Wildman–Crippen LogP) is 1.46. The second-order valence-corrected chi connectivity index (χ2v) is 4.56. The molecule has 2 rings (SSSR count). The molecule has 0 saturated carbocycles. The van der Waals surface area contributed by atoms with Gasteiger partial charge in [0, 0.05) is 5.69 Å². The van der Waals surface area contributed by atoms with E-state index in [1.807, 2.05) is 6.07 Å². The highest BCUT2D eigenvalue weighted by atomic mass is 16.5. The zero-order valence-electron chi connectivity index (χ0n) is 11.1. The van der Waals surface area contributed by atoms with E-state index in [1.165, 1.54) is 24.7 Å². The summed E-state index contributed by atoms with van der Waals surface area (Å²) in [6, 6.07) is 6.25. The Balaban J connectivity index is 1.89. The summed E-state index contributed by atoms with van der Waals surface area (Å²) in [4.78, 5) is 15.0. The number of guanidine groups is 1. The number of benzene rings is 1. The number of carbonyl (C=O) groups is 1. The Bertz CT molecular complexity index is 497. The maximum atomic E-state index is 10.9. The van der Waals surface area contributed by atoms with Crippen molar-refractivity contribution in [1.29, 1.82) is 0 Å². The number of anilines is 1. The third kappa shape index (κ3) is 3.71. The summed E-state index contributed by atoms with van der Waals surface area (Å²) in [7, 11) is 1.36. The number of rotatable bonds is 4. The highest BCUT2D eigenvalue weighted by Gasteiger charge is 2.10. The van der Waals surface area contributed by atoms with E-state index in [9.17, 15) is 4.79 Å². The van der Waals surface area contributed by atoms with Crippen LogP contribution < -0.4 is 11.1 Å². The largest absolute Gasteiger partial charge is 0.469 e. The van der Waals surface area contributed by atoms with Crippen molar-refractivity contribution in [3.05, 3.63) is 29.3 Å². The molecule has 0 spiro atoms. The average molecular weight is 261 g/mol. The minimum absolute atomic E-state index is 0.239. The number of nitrogens with two attached hydrogens (primary N) is 1. The maximum Gasteiger partial charge on any atom is 0.307 e. The first-order valence-corrected chi connectivity index (χ1v) is 6.44. The number of ether oxygens (including phenoxy) is 1. The first-order valence-electron chi connectivity index (χ1n) is 6.44. The van der Waals surface area contributed by atoms with Crippen molar-refractivity contribution in [1.82, 2.24) is 0 Å². The number of aryl methyl sites for hydroxylation is 2. The van der Waals surface area contributed by atoms with E-state index in [1.54, 1.807) is 0 Å². The van der Waals surface area contributed by atoms with Crippen LogP contribution in [0.2, 0.25) is 0 Å². The first kappa shape index (κ1) is 13.4. The van der Waals surface area contributed by atoms with Gasteiger partial charge in [0.2, 0.25) is 0 Å². The molecular formula is C14H19N3O2. The van der Waals surface area contributed by atoms with E-state index in [4.69, 9.17) is 5.73 Å². The number of nitrogens with one attached hydrogen (secondary N) is 1. The number of aliphatic imine (C=N–C) groups is 1. The molecule has 0 aliphatic heterocycles. The molecule has 1 aliphatic carbocycles. The highest BCUT2D eigenvalue weighted by molar-refractivity contribution is 5.92. The minimum Gasteiger partial charge on any atom is -0.469 e. The second-order valence-electron chi connectivity index (χ2n) is 4.56. The van der Waals surface area contributed by atoms with E-state index in [0.717, 1.165) is 18.5 Å². The van der Waals surface area contributed by atoms with Crippen molar-refractivity contribution in [2.24, 2.45) is 10.7 Å². The van der Waals surface area contributed by atoms with Crippen LogP contribution >= 0.6 is 0 Å². The van der Waals surface area contributed by atoms with Crippen LogP contribution in [0.25, 0.3) is 0 Å². The van der Waals surface area contributed by atoms with Gasteiger partial charge in [-0.2, -0.15) is 0 Å². The molecule has 1 aliphatic rings. The highest BCUT2D eigenvalue weighted by Crippen LogP contribution is 2.24. The van der Waals surface area contributed by atoms with Gasteiger partial charge in [-0.25, -0.2) is 0 Å². The average Bonchev–Trinajstić information content (AvgIpc) is 2.85. The van der Waals surface area contributed by atoms with Gasteiger partial charge in [0.25, 0.3) is 0 Å². The van der Waals surface area contributed by atoms with E-state index >= 15 is 0 Å². The molecule has 0 fully saturated rings. The molecule has 0 heterocycles. The molecule has 1 aromatic carbocycles. The van der Waals surface area contributed by atoms with Crippen molar-refractivity contribution in [2.75, 3.05) is 19.0 Å². The molecule has 19 heavy (non-hydrogen) atoms. The Hall–Kier alpha value is -2.04. The molecule has 102 valence electrons. The fourth-order valence-electron chi connectivity index (χ4n) is 2.21. The van der Waals surface area contributed by atoms with E-state index in [-0.39, 0.29) is 12.4 Å². The molecule has 5 heteroatoms. The molecule has 0 amide bonds. The summed E-state index contributed by atoms with van der Waals surface area (Å²) < 4.78 is 4.53. The summed E-state index contributed by atoms with van der Waals surface area (Å²) >= 11 is 0. The Kier molecular flexibility index (Phi) is 4.39. The van der Waals surface area contributed by atoms with Gasteiger partial charge in [-0.3, -0.25) is 9.79 Å². The molecule has 0 radical (unpaired) electrons. The lowest BCUT2D eigenvalue weighted by Crippen LogP contribution is -2.23. The first-order chi connectivity index (χ1) is 9.19. The molecule has 0 aromatic heterocycles. The topological polar surface area (TPSA) is 76.7 Å². The van der Waals surface area contributed by atoms with Crippen LogP contribution in [0.3, 0.4) is 0 Å². The van der Waals surface area contributed by atoms with Gasteiger partial charge >= 0.3 is 5.97 Å². The molecule has 0 bridgehead atoms. The number of esters is 1. The van der Waals surface area contributed by atoms with Crippen molar-refractivity contribution >= 4 is 17.6 Å². The Labute approximate surface area is 112 Å². The number of nitrogens with zero attached hydrogens (tertiary/aromatic N) is 1. The molecular weight excluding hydrogens is 242 g/mol. The van der Waals surface area contributed by atoms with Gasteiger partial charge < -0.3 is 15.8 Å². The van der Waals surface area contributed by atoms with Gasteiger partial charge in [-0.05, 0) is 42.5 Å². The van der Waals surface area contributed by atoms with Crippen LogP contribution in [0.5, 0.6) is 0 Å². The van der Waals surface area contributed by atoms with Crippen molar-refractivity contribution in [3.8, 4) is 0 Å². The standard InChI is InChI=1S/C14H19N3O2/c1-19-13(18)7-8-16-14(15)17-12-6-5-10-3-2-4-11(10)9-12/h5-6,9H,2-4,7-8H2,1H3,(H3,15,16,17). The van der Waals surface area contributed by atoms with Crippen LogP contribution in [0.15, 0.2) is 23.2 Å². The van der Waals surface area contributed by atoms with E-state index in [0.29, 0.717) is 12.5 Å². The lowest BCUT2D eigenvalue weighted by atomic mass is 10.1. The van der Waals surface area contributed by atoms with Crippen LogP contribution in [0, 0.1) is 0 Å². The van der Waals surface area contributed by atoms with Crippen LogP contribution in [-0.4, -0.2) is 25.6 Å². The minimum atomic E-state index is -0.283. The lowest BCUT2D eigenvalue weighted by Gasteiger charge is -2.07. The SMILES string of the molecule is COC(=O)CCN=C(N)Nc1ccc2c(c1)CCC2. The van der Waals surface area contributed by atoms with Crippen molar-refractivity contribution in [2.45, 2.75) is 25.7 Å². The fraction of sp³-hybridized carbons (Fsp3) is 0.429. The van der Waals surface area contributed by atoms with Crippen LogP contribution in [-0.2, 0) is 22.4 Å². The number of hydrogen-bond acceptors (Lipinski definition) is 3. The number of methoxy groups -OCH3 is 1. The lowest BCUT2D eigenvalue weighted by molar-refractivity contribution is -0.140. The van der Waals surface area contributed by atoms with Crippen LogP contribution in [0.4, 0.5) is 5.69 Å². The predicted molar refractivity (Wildman–Crippen MR) is 75.2 cm³/mol. The van der Waals surface area contributed by atoms with Gasteiger partial charge in [-0.15, -0.1) is 0 Å². The molecule has 1 aromatic rings. The van der Waals surface area contributed by atoms with E-state index in [2.05, 4.69) is 27.2 Å². The number of hydrogen-bond donors (Lipinski definition) is 2. The molecule has 5 nitrogen and oxygen atoms in total. The molecule has 0 unspecified atom stereocenters. The quantitative estimate of drug-likeness (QED) is 0.489. The summed E-state index contributed by atoms with van der Waals surface area (Å²) in [6.45, 7) is 0.330. The van der Waals surface area contributed by atoms with Gasteiger partial charge in [0.1, 0.15) is 0 Å². The monoisotopic (exact) mass is 261 g/mol. The number of fused-ring (bicyclic) bond motifs is 1. The van der Waals surface area contributed by atoms with Crippen molar-refractivity contribution < 1.29 is 9.53 Å². The summed E-state index contributed by atoms with van der Waals surface area (Å²) in [6.07, 6.45) is 3.76. The summed E-state index contributed by atoms with van der Waals surface area (Å²) in [5.74, 6) is 0.0379. The number of carbonyl (C=O) groups excluding carboxylic acids is 1. The smallest absolute Gasteiger partial charge is 0.307 e.